The van der Waals surface area contributed by atoms with E-state index in [9.17, 15) is 34.5 Å². The molecule has 0 aromatic carbocycles. The largest absolute Gasteiger partial charge is 0.481 e. The van der Waals surface area contributed by atoms with Crippen molar-refractivity contribution in [3.63, 3.8) is 0 Å². The molecule has 11 nitrogen and oxygen atoms in total. The second kappa shape index (κ2) is 21.9. The van der Waals surface area contributed by atoms with Gasteiger partial charge in [-0.25, -0.2) is 0 Å². The molecule has 344 valence electrons. The average Bonchev–Trinajstić information content (AvgIpc) is 3.16. The van der Waals surface area contributed by atoms with E-state index in [1.807, 2.05) is 41.5 Å². The zero-order valence-electron chi connectivity index (χ0n) is 38.7. The normalized spacial score (nSPS) is 33.3. The maximum Gasteiger partial charge on any atom is 0.311 e. The molecule has 0 spiro atoms. The van der Waals surface area contributed by atoms with Crippen LogP contribution in [-0.2, 0) is 33.4 Å². The lowest BCUT2D eigenvalue weighted by Gasteiger charge is -2.44. The summed E-state index contributed by atoms with van der Waals surface area (Å²) in [4.78, 5) is 48.1. The van der Waals surface area contributed by atoms with Crippen LogP contribution in [0.3, 0.4) is 0 Å². The van der Waals surface area contributed by atoms with Crippen molar-refractivity contribution in [2.45, 2.75) is 183 Å². The van der Waals surface area contributed by atoms with E-state index in [0.29, 0.717) is 49.4 Å². The van der Waals surface area contributed by atoms with E-state index in [-0.39, 0.29) is 79.2 Å². The Morgan fingerprint density at radius 2 is 1.23 bits per heavy atom. The third-order valence-corrected chi connectivity index (χ3v) is 14.4. The van der Waals surface area contributed by atoms with Crippen molar-refractivity contribution in [3.8, 4) is 0 Å². The van der Waals surface area contributed by atoms with E-state index in [4.69, 9.17) is 19.3 Å². The van der Waals surface area contributed by atoms with Crippen molar-refractivity contribution in [3.05, 3.63) is 47.6 Å². The van der Waals surface area contributed by atoms with E-state index in [2.05, 4.69) is 64.2 Å². The zero-order chi connectivity index (χ0) is 45.4. The summed E-state index contributed by atoms with van der Waals surface area (Å²) in [5.41, 5.74) is 1.47. The van der Waals surface area contributed by atoms with Gasteiger partial charge in [0.25, 0.3) is 0 Å². The Balaban J connectivity index is 0.000000269. The number of aliphatic hydroxyl groups excluding tert-OH is 3. The average molecular weight is 855 g/mol. The van der Waals surface area contributed by atoms with Gasteiger partial charge >= 0.3 is 23.9 Å². The number of rotatable bonds is 16. The topological polar surface area (TPSA) is 177 Å². The maximum atomic E-state index is 12.9. The molecule has 0 saturated carbocycles. The van der Waals surface area contributed by atoms with Crippen LogP contribution < -0.4 is 0 Å². The third-order valence-electron chi connectivity index (χ3n) is 14.4. The number of cyclic esters (lactones) is 1. The monoisotopic (exact) mass is 855 g/mol. The first kappa shape index (κ1) is 50.4. The molecule has 1 fully saturated rings. The molecular formula is C50H78O11. The quantitative estimate of drug-likeness (QED) is 0.0863. The van der Waals surface area contributed by atoms with E-state index in [1.54, 1.807) is 0 Å². The van der Waals surface area contributed by atoms with Gasteiger partial charge in [-0.2, -0.15) is 0 Å². The van der Waals surface area contributed by atoms with Crippen LogP contribution in [0.15, 0.2) is 47.6 Å². The molecule has 1 saturated heterocycles. The van der Waals surface area contributed by atoms with Crippen LogP contribution in [0.2, 0.25) is 0 Å². The Kier molecular flexibility index (Phi) is 18.1. The number of carboxylic acid groups (broad SMARTS) is 1. The van der Waals surface area contributed by atoms with Crippen molar-refractivity contribution >= 4 is 23.9 Å². The van der Waals surface area contributed by atoms with Crippen LogP contribution >= 0.6 is 0 Å². The minimum atomic E-state index is -1.07. The summed E-state index contributed by atoms with van der Waals surface area (Å²) in [6.07, 6.45) is 16.6. The molecular weight excluding hydrogens is 777 g/mol. The molecule has 14 unspecified atom stereocenters. The smallest absolute Gasteiger partial charge is 0.311 e. The Morgan fingerprint density at radius 3 is 1.67 bits per heavy atom. The van der Waals surface area contributed by atoms with Crippen LogP contribution in [0.4, 0.5) is 0 Å². The van der Waals surface area contributed by atoms with Crippen molar-refractivity contribution in [1.82, 2.24) is 0 Å². The highest BCUT2D eigenvalue weighted by Crippen LogP contribution is 2.47. The van der Waals surface area contributed by atoms with Crippen LogP contribution in [0, 0.1) is 58.2 Å². The molecule has 0 aromatic rings. The SMILES string of the molecule is CCC(C)(C)C(=O)OC1CC(C)C=C2C=CC(C)C(CCC(O)CC(O)CC(=O)O)C21.CCC(C)(C)C(=O)OC1CC(C)C=C2C=CC(C)C(CCC3CC(O)CC(=O)O3)C21. The number of aliphatic carboxylic acids is 1. The molecule has 0 bridgehead atoms. The Morgan fingerprint density at radius 1 is 0.754 bits per heavy atom. The number of ether oxygens (including phenoxy) is 3. The van der Waals surface area contributed by atoms with Gasteiger partial charge in [0, 0.05) is 18.3 Å². The van der Waals surface area contributed by atoms with Gasteiger partial charge in [-0.1, -0.05) is 78.0 Å². The summed E-state index contributed by atoms with van der Waals surface area (Å²) < 4.78 is 17.7. The summed E-state index contributed by atoms with van der Waals surface area (Å²) in [6, 6.07) is 0. The first-order chi connectivity index (χ1) is 28.5. The standard InChI is InChI=1S/C25H40O6.C25H38O5/c1-6-25(4,5)24(30)31-21-12-15(2)11-17-8-7-16(3)20(23(17)21)10-9-18(26)13-19(27)14-22(28)29;1-6-25(4,5)24(28)30-21-12-15(2)11-17-8-7-16(3)20(23(17)21)10-9-19-13-18(26)14-22(27)29-19/h7-8,11,15-16,18-21,23,26-27H,6,9-10,12-14H2,1-5H3,(H,28,29);7-8,11,15-16,18-21,23,26H,6,9-10,12-14H2,1-5H3. The first-order valence-electron chi connectivity index (χ1n) is 23.2. The predicted octanol–water partition coefficient (Wildman–Crippen LogP) is 8.69. The third kappa shape index (κ3) is 13.9. The van der Waals surface area contributed by atoms with Crippen LogP contribution in [0.25, 0.3) is 0 Å². The Bertz CT molecular complexity index is 1640. The molecule has 61 heavy (non-hydrogen) atoms. The molecule has 0 radical (unpaired) electrons. The van der Waals surface area contributed by atoms with Gasteiger partial charge in [-0.15, -0.1) is 0 Å². The van der Waals surface area contributed by atoms with Gasteiger partial charge in [-0.3, -0.25) is 19.2 Å². The molecule has 14 atom stereocenters. The van der Waals surface area contributed by atoms with Crippen LogP contribution in [-0.4, -0.2) is 80.9 Å². The second-order valence-electron chi connectivity index (χ2n) is 20.4. The highest BCUT2D eigenvalue weighted by Gasteiger charge is 2.45. The number of aliphatic hydroxyl groups is 3. The van der Waals surface area contributed by atoms with Gasteiger partial charge in [0.15, 0.2) is 0 Å². The lowest BCUT2D eigenvalue weighted by atomic mass is 9.65. The van der Waals surface area contributed by atoms with Crippen molar-refractivity contribution in [2.75, 3.05) is 0 Å². The summed E-state index contributed by atoms with van der Waals surface area (Å²) in [7, 11) is 0. The second-order valence-corrected chi connectivity index (χ2v) is 20.4. The van der Waals surface area contributed by atoms with E-state index < -0.39 is 35.1 Å². The number of carbonyl (C=O) groups is 4. The summed E-state index contributed by atoms with van der Waals surface area (Å²) in [6.45, 7) is 20.4. The van der Waals surface area contributed by atoms with Crippen LogP contribution in [0.5, 0.6) is 0 Å². The summed E-state index contributed by atoms with van der Waals surface area (Å²) in [5.74, 6) is 0.429. The molecule has 4 N–H and O–H groups in total. The highest BCUT2D eigenvalue weighted by atomic mass is 16.6. The lowest BCUT2D eigenvalue weighted by Crippen LogP contribution is -2.43. The predicted molar refractivity (Wildman–Crippen MR) is 235 cm³/mol. The molecule has 5 aliphatic rings. The van der Waals surface area contributed by atoms with Gasteiger partial charge in [-0.05, 0) is 132 Å². The fraction of sp³-hybridized carbons (Fsp3) is 0.760. The minimum absolute atomic E-state index is 0.0523. The van der Waals surface area contributed by atoms with Crippen molar-refractivity contribution in [2.24, 2.45) is 58.2 Å². The van der Waals surface area contributed by atoms with E-state index in [0.717, 1.165) is 32.1 Å². The van der Waals surface area contributed by atoms with Crippen molar-refractivity contribution in [1.29, 1.82) is 0 Å². The molecule has 5 rings (SSSR count). The fourth-order valence-electron chi connectivity index (χ4n) is 9.84. The molecule has 0 amide bonds. The maximum absolute atomic E-state index is 12.9. The van der Waals surface area contributed by atoms with E-state index in [1.165, 1.54) is 11.1 Å². The van der Waals surface area contributed by atoms with Gasteiger partial charge in [0.2, 0.25) is 0 Å². The van der Waals surface area contributed by atoms with Gasteiger partial charge in [0.05, 0.1) is 42.0 Å². The van der Waals surface area contributed by atoms with Crippen molar-refractivity contribution < 1.29 is 53.8 Å². The van der Waals surface area contributed by atoms with Crippen LogP contribution in [0.1, 0.15) is 146 Å². The number of carboxylic acids is 1. The number of fused-ring (bicyclic) bond motifs is 2. The fourth-order valence-corrected chi connectivity index (χ4v) is 9.84. The molecule has 1 aliphatic heterocycles. The Labute approximate surface area is 365 Å². The Hall–Kier alpha value is -3.28. The minimum Gasteiger partial charge on any atom is -0.481 e. The van der Waals surface area contributed by atoms with E-state index >= 15 is 0 Å². The first-order valence-corrected chi connectivity index (χ1v) is 23.2. The summed E-state index contributed by atoms with van der Waals surface area (Å²) >= 11 is 0. The molecule has 1 heterocycles. The zero-order valence-corrected chi connectivity index (χ0v) is 38.7. The molecule has 11 heteroatoms. The summed E-state index contributed by atoms with van der Waals surface area (Å²) in [5, 5.41) is 38.9. The highest BCUT2D eigenvalue weighted by molar-refractivity contribution is 5.76. The van der Waals surface area contributed by atoms with Gasteiger partial charge in [0.1, 0.15) is 18.3 Å². The lowest BCUT2D eigenvalue weighted by molar-refractivity contribution is -0.166. The van der Waals surface area contributed by atoms with Gasteiger partial charge < -0.3 is 34.6 Å². The molecule has 0 aromatic heterocycles. The number of hydrogen-bond donors (Lipinski definition) is 4. The number of hydrogen-bond acceptors (Lipinski definition) is 10. The number of esters is 3. The number of allylic oxidation sites excluding steroid dienone is 6. The number of carbonyl (C=O) groups excluding carboxylic acids is 3. The molecule has 4 aliphatic carbocycles.